The van der Waals surface area contributed by atoms with E-state index < -0.39 is 0 Å². The molecule has 0 atom stereocenters. The lowest BCUT2D eigenvalue weighted by molar-refractivity contribution is -0.121. The molecule has 3 heteroatoms. The molecule has 0 aliphatic heterocycles. The summed E-state index contributed by atoms with van der Waals surface area (Å²) in [6.45, 7) is 3.83. The molecular formula is C17H18BrNO. The molecule has 2 aromatic carbocycles. The van der Waals surface area contributed by atoms with Gasteiger partial charge in [0.15, 0.2) is 0 Å². The number of hydrogen-bond donors (Lipinski definition) is 0. The molecule has 104 valence electrons. The first-order valence-corrected chi connectivity index (χ1v) is 7.43. The van der Waals surface area contributed by atoms with Crippen molar-refractivity contribution >= 4 is 27.5 Å². The summed E-state index contributed by atoms with van der Waals surface area (Å²) >= 11 is 3.58. The molecule has 20 heavy (non-hydrogen) atoms. The van der Waals surface area contributed by atoms with E-state index in [-0.39, 0.29) is 11.8 Å². The van der Waals surface area contributed by atoms with Gasteiger partial charge in [0.1, 0.15) is 0 Å². The number of rotatable bonds is 3. The van der Waals surface area contributed by atoms with Gasteiger partial charge in [0.25, 0.3) is 0 Å². The van der Waals surface area contributed by atoms with Crippen LogP contribution in [0.4, 0.5) is 5.69 Å². The van der Waals surface area contributed by atoms with Crippen LogP contribution in [0.2, 0.25) is 0 Å². The Morgan fingerprint density at radius 3 is 2.15 bits per heavy atom. The third-order valence-corrected chi connectivity index (χ3v) is 3.95. The summed E-state index contributed by atoms with van der Waals surface area (Å²) in [5.41, 5.74) is 3.07. The van der Waals surface area contributed by atoms with E-state index in [1.54, 1.807) is 4.90 Å². The van der Waals surface area contributed by atoms with E-state index in [1.165, 1.54) is 0 Å². The lowest BCUT2D eigenvalue weighted by Crippen LogP contribution is -2.30. The number of amides is 1. The Balaban J connectivity index is 2.52. The maximum Gasteiger partial charge on any atom is 0.229 e. The van der Waals surface area contributed by atoms with E-state index in [4.69, 9.17) is 0 Å². The number of anilines is 1. The molecule has 0 spiro atoms. The Hall–Kier alpha value is -1.61. The van der Waals surface area contributed by atoms with Crippen molar-refractivity contribution in [1.29, 1.82) is 0 Å². The van der Waals surface area contributed by atoms with E-state index in [1.807, 2.05) is 63.4 Å². The molecule has 2 nitrogen and oxygen atoms in total. The quantitative estimate of drug-likeness (QED) is 0.795. The van der Waals surface area contributed by atoms with E-state index in [2.05, 4.69) is 22.0 Å². The highest BCUT2D eigenvalue weighted by Gasteiger charge is 2.18. The molecule has 2 rings (SSSR count). The highest BCUT2D eigenvalue weighted by molar-refractivity contribution is 9.10. The Labute approximate surface area is 128 Å². The second kappa shape index (κ2) is 6.23. The number of carbonyl (C=O) groups is 1. The Morgan fingerprint density at radius 1 is 1.00 bits per heavy atom. The molecule has 0 unspecified atom stereocenters. The number of halogens is 1. The molecule has 2 aromatic rings. The largest absolute Gasteiger partial charge is 0.315 e. The average Bonchev–Trinajstić information content (AvgIpc) is 2.46. The van der Waals surface area contributed by atoms with Gasteiger partial charge in [0.05, 0.1) is 5.69 Å². The standard InChI is InChI=1S/C17H18BrNO/c1-12(2)17(20)19(3)16-11-7-5-9-14(16)13-8-4-6-10-15(13)18/h4-12H,1-3H3. The third-order valence-electron chi connectivity index (χ3n) is 3.25. The summed E-state index contributed by atoms with van der Waals surface area (Å²) < 4.78 is 1.03. The van der Waals surface area contributed by atoms with Gasteiger partial charge in [-0.15, -0.1) is 0 Å². The van der Waals surface area contributed by atoms with Crippen molar-refractivity contribution in [3.8, 4) is 11.1 Å². The number of hydrogen-bond acceptors (Lipinski definition) is 1. The molecule has 0 aliphatic rings. The lowest BCUT2D eigenvalue weighted by Gasteiger charge is -2.23. The molecule has 0 bridgehead atoms. The highest BCUT2D eigenvalue weighted by Crippen LogP contribution is 2.35. The molecule has 0 radical (unpaired) electrons. The van der Waals surface area contributed by atoms with Crippen molar-refractivity contribution in [2.24, 2.45) is 5.92 Å². The highest BCUT2D eigenvalue weighted by atomic mass is 79.9. The van der Waals surface area contributed by atoms with Gasteiger partial charge in [-0.3, -0.25) is 4.79 Å². The van der Waals surface area contributed by atoms with Gasteiger partial charge in [-0.1, -0.05) is 66.2 Å². The van der Waals surface area contributed by atoms with Crippen molar-refractivity contribution in [3.05, 3.63) is 53.0 Å². The van der Waals surface area contributed by atoms with Crippen LogP contribution in [0.15, 0.2) is 53.0 Å². The fourth-order valence-electron chi connectivity index (χ4n) is 2.18. The van der Waals surface area contributed by atoms with E-state index in [9.17, 15) is 4.79 Å². The lowest BCUT2D eigenvalue weighted by atomic mass is 10.0. The zero-order valence-corrected chi connectivity index (χ0v) is 13.5. The summed E-state index contributed by atoms with van der Waals surface area (Å²) in [7, 11) is 1.83. The molecule has 0 heterocycles. The molecule has 0 saturated carbocycles. The smallest absolute Gasteiger partial charge is 0.229 e. The van der Waals surface area contributed by atoms with Crippen LogP contribution in [0.5, 0.6) is 0 Å². The minimum Gasteiger partial charge on any atom is -0.315 e. The number of nitrogens with zero attached hydrogens (tertiary/aromatic N) is 1. The van der Waals surface area contributed by atoms with Gasteiger partial charge in [0, 0.05) is 23.0 Å². The summed E-state index contributed by atoms with van der Waals surface area (Å²) in [5, 5.41) is 0. The summed E-state index contributed by atoms with van der Waals surface area (Å²) in [6.07, 6.45) is 0. The Kier molecular flexibility index (Phi) is 4.61. The maximum atomic E-state index is 12.2. The first-order valence-electron chi connectivity index (χ1n) is 6.64. The normalized spacial score (nSPS) is 10.7. The van der Waals surface area contributed by atoms with Crippen molar-refractivity contribution in [3.63, 3.8) is 0 Å². The van der Waals surface area contributed by atoms with E-state index in [0.29, 0.717) is 0 Å². The summed E-state index contributed by atoms with van der Waals surface area (Å²) in [5.74, 6) is 0.0942. The zero-order valence-electron chi connectivity index (χ0n) is 11.9. The predicted octanol–water partition coefficient (Wildman–Crippen LogP) is 4.73. The SMILES string of the molecule is CC(C)C(=O)N(C)c1ccccc1-c1ccccc1Br. The summed E-state index contributed by atoms with van der Waals surface area (Å²) in [6, 6.07) is 16.0. The zero-order chi connectivity index (χ0) is 14.7. The maximum absolute atomic E-state index is 12.2. The minimum absolute atomic E-state index is 0.0210. The predicted molar refractivity (Wildman–Crippen MR) is 87.8 cm³/mol. The first kappa shape index (κ1) is 14.8. The van der Waals surface area contributed by atoms with Crippen LogP contribution in [0.1, 0.15) is 13.8 Å². The molecular weight excluding hydrogens is 314 g/mol. The van der Waals surface area contributed by atoms with Crippen LogP contribution in [0, 0.1) is 5.92 Å². The second-order valence-electron chi connectivity index (χ2n) is 5.05. The first-order chi connectivity index (χ1) is 9.52. The molecule has 0 aliphatic carbocycles. The number of benzene rings is 2. The van der Waals surface area contributed by atoms with Crippen LogP contribution >= 0.6 is 15.9 Å². The van der Waals surface area contributed by atoms with Gasteiger partial charge in [-0.05, 0) is 17.7 Å². The van der Waals surface area contributed by atoms with Gasteiger partial charge in [-0.2, -0.15) is 0 Å². The van der Waals surface area contributed by atoms with Crippen LogP contribution in [-0.4, -0.2) is 13.0 Å². The van der Waals surface area contributed by atoms with Crippen LogP contribution < -0.4 is 4.90 Å². The summed E-state index contributed by atoms with van der Waals surface area (Å²) in [4.78, 5) is 14.0. The van der Waals surface area contributed by atoms with Gasteiger partial charge >= 0.3 is 0 Å². The topological polar surface area (TPSA) is 20.3 Å². The minimum atomic E-state index is -0.0210. The van der Waals surface area contributed by atoms with Crippen LogP contribution in [0.25, 0.3) is 11.1 Å². The van der Waals surface area contributed by atoms with Crippen LogP contribution in [0.3, 0.4) is 0 Å². The third kappa shape index (κ3) is 2.93. The molecule has 0 fully saturated rings. The molecule has 0 N–H and O–H groups in total. The monoisotopic (exact) mass is 331 g/mol. The molecule has 0 aromatic heterocycles. The molecule has 1 amide bonds. The average molecular weight is 332 g/mol. The fraction of sp³-hybridized carbons (Fsp3) is 0.235. The van der Waals surface area contributed by atoms with Gasteiger partial charge < -0.3 is 4.90 Å². The second-order valence-corrected chi connectivity index (χ2v) is 5.90. The van der Waals surface area contributed by atoms with Crippen LogP contribution in [-0.2, 0) is 4.79 Å². The van der Waals surface area contributed by atoms with Crippen molar-refractivity contribution in [1.82, 2.24) is 0 Å². The number of carbonyl (C=O) groups excluding carboxylic acids is 1. The van der Waals surface area contributed by atoms with Gasteiger partial charge in [0.2, 0.25) is 5.91 Å². The van der Waals surface area contributed by atoms with Crippen molar-refractivity contribution in [2.45, 2.75) is 13.8 Å². The number of para-hydroxylation sites is 1. The van der Waals surface area contributed by atoms with Crippen molar-refractivity contribution < 1.29 is 4.79 Å². The van der Waals surface area contributed by atoms with Gasteiger partial charge in [-0.25, -0.2) is 0 Å². The van der Waals surface area contributed by atoms with E-state index >= 15 is 0 Å². The Bertz CT molecular complexity index is 622. The fourth-order valence-corrected chi connectivity index (χ4v) is 2.68. The van der Waals surface area contributed by atoms with Crippen molar-refractivity contribution in [2.75, 3.05) is 11.9 Å². The van der Waals surface area contributed by atoms with E-state index in [0.717, 1.165) is 21.3 Å². The Morgan fingerprint density at radius 2 is 1.55 bits per heavy atom. The molecule has 0 saturated heterocycles.